The maximum Gasteiger partial charge on any atom is 0.251 e. The Labute approximate surface area is 305 Å². The van der Waals surface area contributed by atoms with Gasteiger partial charge in [0.25, 0.3) is 5.91 Å². The number of nitrogens with one attached hydrogen (secondary N) is 4. The van der Waals surface area contributed by atoms with Crippen LogP contribution in [0.2, 0.25) is 0 Å². The van der Waals surface area contributed by atoms with Gasteiger partial charge in [-0.25, -0.2) is 0 Å². The predicted molar refractivity (Wildman–Crippen MR) is 200 cm³/mol. The molecule has 4 aromatic rings. The van der Waals surface area contributed by atoms with E-state index >= 15 is 0 Å². The molecule has 0 bridgehead atoms. The van der Waals surface area contributed by atoms with Crippen LogP contribution < -0.4 is 25.4 Å². The molecule has 1 unspecified atom stereocenters. The molecule has 276 valence electrons. The van der Waals surface area contributed by atoms with E-state index in [9.17, 15) is 19.2 Å². The van der Waals surface area contributed by atoms with Crippen LogP contribution in [0.3, 0.4) is 0 Å². The van der Waals surface area contributed by atoms with Crippen LogP contribution in [-0.4, -0.2) is 84.7 Å². The topological polar surface area (TPSA) is 155 Å². The number of methoxy groups -OCH3 is 1. The third kappa shape index (κ3) is 10.1. The standard InChI is InChI=1S/C40H50N6O6/c1-26(2)23-46(40(50)27(3)43-39(49)31-21-30-22-32(51-4)17-18-35(30)52-25-31)24-36(47)41-19-9-5-6-10-20-42-38(48)29-15-13-28(14-16-29)37-33-11-7-8-12-34(33)44-45-37/h7-8,11-18,22,26-27,31H,5-6,9-10,19-21,23-25H2,1-4H3,(H,41,47)(H,42,48)(H,43,49)(H,44,45)/t27-,31?/m0/s1. The van der Waals surface area contributed by atoms with E-state index in [-0.39, 0.29) is 42.7 Å². The number of ether oxygens (including phenoxy) is 2. The first-order valence-electron chi connectivity index (χ1n) is 18.1. The highest BCUT2D eigenvalue weighted by atomic mass is 16.5. The summed E-state index contributed by atoms with van der Waals surface area (Å²) in [5.41, 5.74) is 4.25. The fraction of sp³-hybridized carbons (Fsp3) is 0.425. The molecule has 0 saturated carbocycles. The molecule has 1 aromatic heterocycles. The number of H-pyrrole nitrogens is 1. The zero-order valence-electron chi connectivity index (χ0n) is 30.5. The van der Waals surface area contributed by atoms with Gasteiger partial charge in [0.05, 0.1) is 30.8 Å². The normalized spacial score (nSPS) is 14.2. The van der Waals surface area contributed by atoms with Gasteiger partial charge < -0.3 is 30.3 Å². The quantitative estimate of drug-likeness (QED) is 0.114. The second kappa shape index (κ2) is 18.2. The molecule has 1 aliphatic heterocycles. The van der Waals surface area contributed by atoms with Crippen molar-refractivity contribution in [3.8, 4) is 22.8 Å². The van der Waals surface area contributed by atoms with Crippen LogP contribution in [0.5, 0.6) is 11.5 Å². The first-order chi connectivity index (χ1) is 25.1. The molecule has 0 spiro atoms. The van der Waals surface area contributed by atoms with Gasteiger partial charge in [-0.1, -0.05) is 57.0 Å². The lowest BCUT2D eigenvalue weighted by Gasteiger charge is -2.29. The minimum atomic E-state index is -0.798. The Balaban J connectivity index is 0.971. The van der Waals surface area contributed by atoms with Crippen molar-refractivity contribution < 1.29 is 28.7 Å². The summed E-state index contributed by atoms with van der Waals surface area (Å²) in [5.74, 6) is 0.186. The molecule has 0 fully saturated rings. The zero-order valence-corrected chi connectivity index (χ0v) is 30.5. The van der Waals surface area contributed by atoms with Crippen molar-refractivity contribution in [3.05, 3.63) is 77.9 Å². The Bertz CT molecular complexity index is 1840. The van der Waals surface area contributed by atoms with Crippen molar-refractivity contribution in [1.29, 1.82) is 0 Å². The molecule has 52 heavy (non-hydrogen) atoms. The number of para-hydroxylation sites is 1. The van der Waals surface area contributed by atoms with Crippen LogP contribution in [0.1, 0.15) is 62.4 Å². The van der Waals surface area contributed by atoms with E-state index in [1.165, 1.54) is 4.90 Å². The average Bonchev–Trinajstić information content (AvgIpc) is 3.58. The summed E-state index contributed by atoms with van der Waals surface area (Å²) in [6.07, 6.45) is 3.88. The molecule has 2 heterocycles. The Morgan fingerprint density at radius 1 is 0.942 bits per heavy atom. The van der Waals surface area contributed by atoms with Gasteiger partial charge >= 0.3 is 0 Å². The number of nitrogens with zero attached hydrogens (tertiary/aromatic N) is 2. The smallest absolute Gasteiger partial charge is 0.251 e. The van der Waals surface area contributed by atoms with Gasteiger partial charge in [-0.2, -0.15) is 5.10 Å². The largest absolute Gasteiger partial charge is 0.497 e. The lowest BCUT2D eigenvalue weighted by Crippen LogP contribution is -2.52. The van der Waals surface area contributed by atoms with E-state index in [1.54, 1.807) is 14.0 Å². The van der Waals surface area contributed by atoms with Crippen LogP contribution in [0, 0.1) is 11.8 Å². The fourth-order valence-electron chi connectivity index (χ4n) is 6.33. The molecule has 12 heteroatoms. The fourth-order valence-corrected chi connectivity index (χ4v) is 6.33. The van der Waals surface area contributed by atoms with Crippen LogP contribution in [-0.2, 0) is 20.8 Å². The van der Waals surface area contributed by atoms with Crippen LogP contribution in [0.15, 0.2) is 66.7 Å². The van der Waals surface area contributed by atoms with E-state index in [2.05, 4.69) is 26.1 Å². The third-order valence-electron chi connectivity index (χ3n) is 9.11. The van der Waals surface area contributed by atoms with E-state index < -0.39 is 12.0 Å². The van der Waals surface area contributed by atoms with E-state index in [0.717, 1.165) is 59.2 Å². The molecule has 4 amide bonds. The molecule has 1 aliphatic rings. The Kier molecular flexibility index (Phi) is 13.3. The predicted octanol–water partition coefficient (Wildman–Crippen LogP) is 4.89. The van der Waals surface area contributed by atoms with Crippen LogP contribution >= 0.6 is 0 Å². The van der Waals surface area contributed by atoms with Crippen molar-refractivity contribution in [3.63, 3.8) is 0 Å². The highest BCUT2D eigenvalue weighted by Gasteiger charge is 2.30. The number of fused-ring (bicyclic) bond motifs is 2. The Morgan fingerprint density at radius 2 is 1.67 bits per heavy atom. The zero-order chi connectivity index (χ0) is 37.0. The number of unbranched alkanes of at least 4 members (excludes halogenated alkanes) is 3. The number of benzene rings is 3. The van der Waals surface area contributed by atoms with Crippen LogP contribution in [0.25, 0.3) is 22.2 Å². The SMILES string of the molecule is COc1ccc2c(c1)CC(C(=O)N[C@@H](C)C(=O)N(CC(=O)NCCCCCCNC(=O)c1ccc(-c3n[nH]c4ccccc34)cc1)CC(C)C)CO2. The maximum absolute atomic E-state index is 13.4. The van der Waals surface area contributed by atoms with Gasteiger partial charge in [0.15, 0.2) is 0 Å². The lowest BCUT2D eigenvalue weighted by molar-refractivity contribution is -0.140. The number of aromatic amines is 1. The molecule has 0 saturated heterocycles. The average molecular weight is 711 g/mol. The van der Waals surface area contributed by atoms with E-state index in [1.807, 2.05) is 80.6 Å². The van der Waals surface area contributed by atoms with Gasteiger partial charge in [-0.15, -0.1) is 0 Å². The van der Waals surface area contributed by atoms with Gasteiger partial charge in [0, 0.05) is 36.1 Å². The summed E-state index contributed by atoms with van der Waals surface area (Å²) < 4.78 is 11.1. The highest BCUT2D eigenvalue weighted by molar-refractivity contribution is 5.96. The van der Waals surface area contributed by atoms with Crippen molar-refractivity contribution in [2.75, 3.05) is 39.9 Å². The molecule has 0 aliphatic carbocycles. The second-order valence-corrected chi connectivity index (χ2v) is 13.7. The minimum Gasteiger partial charge on any atom is -0.497 e. The summed E-state index contributed by atoms with van der Waals surface area (Å²) in [6.45, 7) is 7.20. The van der Waals surface area contributed by atoms with E-state index in [0.29, 0.717) is 37.4 Å². The summed E-state index contributed by atoms with van der Waals surface area (Å²) in [4.78, 5) is 53.5. The number of carbonyl (C=O) groups excluding carboxylic acids is 4. The van der Waals surface area contributed by atoms with E-state index in [4.69, 9.17) is 9.47 Å². The molecular formula is C40H50N6O6. The minimum absolute atomic E-state index is 0.0811. The van der Waals surface area contributed by atoms with Gasteiger partial charge in [-0.3, -0.25) is 24.3 Å². The van der Waals surface area contributed by atoms with Crippen molar-refractivity contribution in [1.82, 2.24) is 31.0 Å². The number of rotatable bonds is 17. The Hall–Kier alpha value is -5.39. The Morgan fingerprint density at radius 3 is 2.40 bits per heavy atom. The summed E-state index contributed by atoms with van der Waals surface area (Å²) in [6, 6.07) is 20.1. The van der Waals surface area contributed by atoms with Gasteiger partial charge in [-0.05, 0) is 74.1 Å². The lowest BCUT2D eigenvalue weighted by atomic mass is 9.95. The number of amides is 4. The van der Waals surface area contributed by atoms with Crippen molar-refractivity contribution in [2.24, 2.45) is 11.8 Å². The van der Waals surface area contributed by atoms with Crippen molar-refractivity contribution in [2.45, 2.75) is 58.9 Å². The third-order valence-corrected chi connectivity index (χ3v) is 9.11. The molecule has 4 N–H and O–H groups in total. The molecule has 12 nitrogen and oxygen atoms in total. The van der Waals surface area contributed by atoms with Crippen LogP contribution in [0.4, 0.5) is 0 Å². The number of hydrogen-bond acceptors (Lipinski definition) is 7. The summed E-state index contributed by atoms with van der Waals surface area (Å²) in [5, 5.41) is 17.2. The summed E-state index contributed by atoms with van der Waals surface area (Å²) >= 11 is 0. The van der Waals surface area contributed by atoms with Gasteiger partial charge in [0.2, 0.25) is 17.7 Å². The molecule has 5 rings (SSSR count). The van der Waals surface area contributed by atoms with Gasteiger partial charge in [0.1, 0.15) is 24.1 Å². The number of carbonyl (C=O) groups is 4. The van der Waals surface area contributed by atoms with Crippen molar-refractivity contribution >= 4 is 34.5 Å². The first kappa shape index (κ1) is 37.9. The summed E-state index contributed by atoms with van der Waals surface area (Å²) in [7, 11) is 1.59. The first-order valence-corrected chi connectivity index (χ1v) is 18.1. The highest BCUT2D eigenvalue weighted by Crippen LogP contribution is 2.31. The molecule has 2 atom stereocenters. The molecular weight excluding hydrogens is 660 g/mol. The number of hydrogen-bond donors (Lipinski definition) is 4. The number of aromatic nitrogens is 2. The monoisotopic (exact) mass is 710 g/mol. The maximum atomic E-state index is 13.4. The second-order valence-electron chi connectivity index (χ2n) is 13.7. The molecule has 3 aromatic carbocycles. The molecule has 0 radical (unpaired) electrons.